The third-order valence-electron chi connectivity index (χ3n) is 11.7. The van der Waals surface area contributed by atoms with Crippen LogP contribution >= 0.6 is 0 Å². The lowest BCUT2D eigenvalue weighted by Crippen LogP contribution is -2.53. The Bertz CT molecular complexity index is 995. The first kappa shape index (κ1) is 23.5. The van der Waals surface area contributed by atoms with Gasteiger partial charge in [0.05, 0.1) is 0 Å². The Balaban J connectivity index is 1.21. The number of hydrogen-bond donors (Lipinski definition) is 0. The van der Waals surface area contributed by atoms with Crippen LogP contribution in [0.25, 0.3) is 0 Å². The highest BCUT2D eigenvalue weighted by molar-refractivity contribution is 5.70. The zero-order chi connectivity index (χ0) is 24.4. The number of amides is 1. The second-order valence-electron chi connectivity index (χ2n) is 12.5. The molecule has 0 bridgehead atoms. The van der Waals surface area contributed by atoms with E-state index in [1.54, 1.807) is 17.8 Å². The number of aromatic nitrogens is 1. The molecule has 5 heteroatoms. The van der Waals surface area contributed by atoms with E-state index in [-0.39, 0.29) is 12.1 Å². The number of hydrogen-bond acceptors (Lipinski definition) is 4. The van der Waals surface area contributed by atoms with Crippen molar-refractivity contribution in [2.75, 3.05) is 20.6 Å². The Labute approximate surface area is 211 Å². The smallest absolute Gasteiger partial charge is 0.391 e. The highest BCUT2D eigenvalue weighted by Crippen LogP contribution is 2.69. The van der Waals surface area contributed by atoms with Gasteiger partial charge < -0.3 is 14.5 Å². The summed E-state index contributed by atoms with van der Waals surface area (Å²) in [6.07, 6.45) is 15.5. The van der Waals surface area contributed by atoms with E-state index >= 15 is 0 Å². The predicted molar refractivity (Wildman–Crippen MR) is 138 cm³/mol. The maximum absolute atomic E-state index is 12.9. The van der Waals surface area contributed by atoms with Gasteiger partial charge in [0.2, 0.25) is 5.88 Å². The van der Waals surface area contributed by atoms with E-state index in [4.69, 9.17) is 4.74 Å². The highest BCUT2D eigenvalue weighted by atomic mass is 16.6. The molecule has 3 saturated carbocycles. The molecule has 1 aliphatic heterocycles. The molecule has 190 valence electrons. The summed E-state index contributed by atoms with van der Waals surface area (Å²) >= 11 is 0. The first-order valence-electron chi connectivity index (χ1n) is 14.1. The highest BCUT2D eigenvalue weighted by Gasteiger charge is 2.64. The molecule has 2 heterocycles. The molecule has 1 saturated heterocycles. The van der Waals surface area contributed by atoms with Crippen LogP contribution in [0.1, 0.15) is 71.6 Å². The Morgan fingerprint density at radius 2 is 2.00 bits per heavy atom. The SMILES string of the molecule is CC[C@]12CC[C@H](N(C)C(=O)Oc3ccccn3)CC1=CC[C@H]1[C@@H]3CC[C@@H]4[C@H](C)N(C)CC43CC[C@@H]12. The Hall–Kier alpha value is -1.88. The fraction of sp³-hybridized carbons (Fsp3) is 0.733. The summed E-state index contributed by atoms with van der Waals surface area (Å²) in [6.45, 7) is 6.24. The molecule has 0 aromatic carbocycles. The van der Waals surface area contributed by atoms with Crippen molar-refractivity contribution in [2.45, 2.75) is 83.7 Å². The van der Waals surface area contributed by atoms with Crippen LogP contribution in [0, 0.1) is 34.5 Å². The third-order valence-corrected chi connectivity index (χ3v) is 11.7. The average molecular weight is 478 g/mol. The van der Waals surface area contributed by atoms with E-state index in [1.165, 1.54) is 51.5 Å². The second-order valence-corrected chi connectivity index (χ2v) is 12.5. The van der Waals surface area contributed by atoms with Gasteiger partial charge in [-0.3, -0.25) is 0 Å². The zero-order valence-electron chi connectivity index (χ0n) is 22.1. The van der Waals surface area contributed by atoms with Gasteiger partial charge in [-0.25, -0.2) is 9.78 Å². The summed E-state index contributed by atoms with van der Waals surface area (Å²) in [5.74, 6) is 3.89. The quantitative estimate of drug-likeness (QED) is 0.489. The van der Waals surface area contributed by atoms with Crippen molar-refractivity contribution in [1.82, 2.24) is 14.8 Å². The van der Waals surface area contributed by atoms with Crippen molar-refractivity contribution < 1.29 is 9.53 Å². The van der Waals surface area contributed by atoms with E-state index in [2.05, 4.69) is 36.9 Å². The molecule has 1 amide bonds. The largest absolute Gasteiger partial charge is 0.416 e. The summed E-state index contributed by atoms with van der Waals surface area (Å²) in [4.78, 5) is 21.5. The maximum Gasteiger partial charge on any atom is 0.416 e. The van der Waals surface area contributed by atoms with E-state index in [0.29, 0.717) is 16.7 Å². The van der Waals surface area contributed by atoms with Gasteiger partial charge in [-0.05, 0) is 112 Å². The van der Waals surface area contributed by atoms with Gasteiger partial charge in [0.25, 0.3) is 0 Å². The van der Waals surface area contributed by atoms with Crippen LogP contribution in [0.3, 0.4) is 0 Å². The molecule has 35 heavy (non-hydrogen) atoms. The van der Waals surface area contributed by atoms with Crippen molar-refractivity contribution in [3.05, 3.63) is 36.0 Å². The fourth-order valence-electron chi connectivity index (χ4n) is 9.95. The number of carbonyl (C=O) groups is 1. The average Bonchev–Trinajstić information content (AvgIpc) is 3.36. The summed E-state index contributed by atoms with van der Waals surface area (Å²) in [6, 6.07) is 6.39. The molecular weight excluding hydrogens is 434 g/mol. The van der Waals surface area contributed by atoms with Crippen LogP contribution in [-0.4, -0.2) is 53.6 Å². The molecule has 1 spiro atoms. The molecule has 0 radical (unpaired) electrons. The summed E-state index contributed by atoms with van der Waals surface area (Å²) in [5.41, 5.74) is 2.58. The van der Waals surface area contributed by atoms with Gasteiger partial charge in [0.15, 0.2) is 0 Å². The van der Waals surface area contributed by atoms with Crippen molar-refractivity contribution in [1.29, 1.82) is 0 Å². The van der Waals surface area contributed by atoms with Crippen LogP contribution in [0.4, 0.5) is 4.79 Å². The first-order valence-corrected chi connectivity index (χ1v) is 14.1. The summed E-state index contributed by atoms with van der Waals surface area (Å²) < 4.78 is 5.56. The number of fused-ring (bicyclic) bond motifs is 4. The van der Waals surface area contributed by atoms with Gasteiger partial charge in [-0.15, -0.1) is 0 Å². The molecule has 1 aromatic heterocycles. The Kier molecular flexibility index (Phi) is 5.78. The van der Waals surface area contributed by atoms with Gasteiger partial charge in [0, 0.05) is 37.9 Å². The van der Waals surface area contributed by atoms with Crippen LogP contribution in [0.5, 0.6) is 5.88 Å². The number of pyridine rings is 1. The molecule has 1 aromatic rings. The number of likely N-dealkylation sites (tertiary alicyclic amines) is 1. The molecule has 0 N–H and O–H groups in total. The van der Waals surface area contributed by atoms with Crippen LogP contribution in [-0.2, 0) is 0 Å². The van der Waals surface area contributed by atoms with E-state index in [1.807, 2.05) is 24.1 Å². The minimum Gasteiger partial charge on any atom is -0.391 e. The normalized spacial score (nSPS) is 42.3. The predicted octanol–water partition coefficient (Wildman–Crippen LogP) is 6.16. The van der Waals surface area contributed by atoms with Gasteiger partial charge in [-0.1, -0.05) is 24.6 Å². The van der Waals surface area contributed by atoms with Crippen molar-refractivity contribution in [3.63, 3.8) is 0 Å². The summed E-state index contributed by atoms with van der Waals surface area (Å²) in [7, 11) is 4.27. The first-order chi connectivity index (χ1) is 16.9. The van der Waals surface area contributed by atoms with Crippen molar-refractivity contribution in [2.24, 2.45) is 34.5 Å². The molecule has 6 rings (SSSR count). The molecule has 8 atom stereocenters. The number of allylic oxidation sites excluding steroid dienone is 1. The number of nitrogens with zero attached hydrogens (tertiary/aromatic N) is 3. The Morgan fingerprint density at radius 3 is 2.77 bits per heavy atom. The molecule has 5 nitrogen and oxygen atoms in total. The lowest BCUT2D eigenvalue weighted by Gasteiger charge is -2.59. The van der Waals surface area contributed by atoms with Gasteiger partial charge >= 0.3 is 6.09 Å². The molecule has 4 aliphatic carbocycles. The van der Waals surface area contributed by atoms with Crippen molar-refractivity contribution in [3.8, 4) is 5.88 Å². The molecule has 4 fully saturated rings. The summed E-state index contributed by atoms with van der Waals surface area (Å²) in [5, 5.41) is 0. The van der Waals surface area contributed by atoms with Crippen LogP contribution in [0.15, 0.2) is 36.0 Å². The Morgan fingerprint density at radius 1 is 1.17 bits per heavy atom. The third kappa shape index (κ3) is 3.43. The van der Waals surface area contributed by atoms with Crippen LogP contribution < -0.4 is 4.74 Å². The second kappa shape index (κ2) is 8.61. The van der Waals surface area contributed by atoms with Crippen molar-refractivity contribution >= 4 is 6.09 Å². The standard InChI is InChI=1S/C30H43N3O2/c1-5-29-15-13-22(33(4)28(34)35-27-8-6-7-17-31-27)18-21(29)9-10-23-25-12-11-24-20(2)32(3)19-30(24,25)16-14-26(23)29/h6-9,17,20,22-26H,5,10-16,18-19H2,1-4H3/t20-,22-,23-,24+,25-,26-,29-,30?/m0/s1. The topological polar surface area (TPSA) is 45.7 Å². The molecule has 5 aliphatic rings. The van der Waals surface area contributed by atoms with E-state index in [9.17, 15) is 4.79 Å². The van der Waals surface area contributed by atoms with E-state index in [0.717, 1.165) is 42.6 Å². The van der Waals surface area contributed by atoms with Gasteiger partial charge in [0.1, 0.15) is 0 Å². The lowest BCUT2D eigenvalue weighted by molar-refractivity contribution is -0.0511. The van der Waals surface area contributed by atoms with E-state index < -0.39 is 0 Å². The zero-order valence-corrected chi connectivity index (χ0v) is 22.1. The minimum absolute atomic E-state index is 0.212. The van der Waals surface area contributed by atoms with Crippen LogP contribution in [0.2, 0.25) is 0 Å². The molecular formula is C30H43N3O2. The number of rotatable bonds is 3. The minimum atomic E-state index is -0.289. The lowest BCUT2D eigenvalue weighted by atomic mass is 9.46. The van der Waals surface area contributed by atoms with Gasteiger partial charge in [-0.2, -0.15) is 0 Å². The molecule has 1 unspecified atom stereocenters. The monoisotopic (exact) mass is 477 g/mol. The maximum atomic E-state index is 12.9. The number of ether oxygens (including phenoxy) is 1. The number of carbonyl (C=O) groups excluding carboxylic acids is 1. The fourth-order valence-corrected chi connectivity index (χ4v) is 9.95.